The third-order valence-corrected chi connectivity index (χ3v) is 4.91. The van der Waals surface area contributed by atoms with E-state index in [0.717, 1.165) is 23.9 Å². The van der Waals surface area contributed by atoms with Crippen LogP contribution >= 0.6 is 0 Å². The smallest absolute Gasteiger partial charge is 0.339 e. The van der Waals surface area contributed by atoms with E-state index in [2.05, 4.69) is 15.1 Å². The number of carbonyl (C=O) groups excluding carboxylic acids is 1. The Labute approximate surface area is 164 Å². The molecule has 0 aliphatic carbocycles. The van der Waals surface area contributed by atoms with E-state index in [-0.39, 0.29) is 17.4 Å². The Hall–Kier alpha value is -3.23. The molecule has 3 heterocycles. The zero-order chi connectivity index (χ0) is 20.4. The van der Waals surface area contributed by atoms with Crippen LogP contribution in [0.15, 0.2) is 53.2 Å². The quantitative estimate of drug-likeness (QED) is 0.658. The Morgan fingerprint density at radius 3 is 2.41 bits per heavy atom. The molecule has 6 nitrogen and oxygen atoms in total. The highest BCUT2D eigenvalue weighted by atomic mass is 19.4. The molecule has 0 N–H and O–H groups in total. The largest absolute Gasteiger partial charge is 0.433 e. The summed E-state index contributed by atoms with van der Waals surface area (Å²) in [6.45, 7) is 0.904. The molecule has 2 aromatic heterocycles. The van der Waals surface area contributed by atoms with Crippen molar-refractivity contribution >= 4 is 5.91 Å². The molecule has 1 amide bonds. The zero-order valence-electron chi connectivity index (χ0n) is 15.3. The third-order valence-electron chi connectivity index (χ3n) is 4.91. The normalized spacial score (nSPS) is 15.5. The Bertz CT molecular complexity index is 979. The van der Waals surface area contributed by atoms with Gasteiger partial charge >= 0.3 is 6.18 Å². The van der Waals surface area contributed by atoms with Gasteiger partial charge in [-0.3, -0.25) is 9.78 Å². The maximum atomic E-state index is 12.6. The number of rotatable bonds is 3. The Balaban J connectivity index is 1.38. The second-order valence-corrected chi connectivity index (χ2v) is 6.82. The lowest BCUT2D eigenvalue weighted by atomic mass is 9.96. The summed E-state index contributed by atoms with van der Waals surface area (Å²) in [5.74, 6) is 0.761. The van der Waals surface area contributed by atoms with Gasteiger partial charge in [0.1, 0.15) is 5.69 Å². The molecule has 1 aromatic carbocycles. The first kappa shape index (κ1) is 19.1. The number of carbonyl (C=O) groups is 1. The monoisotopic (exact) mass is 402 g/mol. The number of benzene rings is 1. The fraction of sp³-hybridized carbons (Fsp3) is 0.300. The van der Waals surface area contributed by atoms with Crippen LogP contribution in [0.3, 0.4) is 0 Å². The van der Waals surface area contributed by atoms with E-state index in [1.54, 1.807) is 4.90 Å². The van der Waals surface area contributed by atoms with Gasteiger partial charge in [-0.1, -0.05) is 35.5 Å². The number of likely N-dealkylation sites (tertiary alicyclic amines) is 1. The van der Waals surface area contributed by atoms with Crippen molar-refractivity contribution in [3.8, 4) is 11.4 Å². The lowest BCUT2D eigenvalue weighted by Gasteiger charge is -2.30. The average molecular weight is 402 g/mol. The molecular weight excluding hydrogens is 385 g/mol. The van der Waals surface area contributed by atoms with E-state index >= 15 is 0 Å². The van der Waals surface area contributed by atoms with Gasteiger partial charge in [0.15, 0.2) is 0 Å². The Morgan fingerprint density at radius 1 is 1.07 bits per heavy atom. The van der Waals surface area contributed by atoms with Gasteiger partial charge in [-0.15, -0.1) is 0 Å². The molecule has 1 aliphatic rings. The van der Waals surface area contributed by atoms with Crippen molar-refractivity contribution in [2.24, 2.45) is 0 Å². The number of pyridine rings is 1. The first-order valence-electron chi connectivity index (χ1n) is 9.13. The van der Waals surface area contributed by atoms with E-state index in [9.17, 15) is 18.0 Å². The fourth-order valence-electron chi connectivity index (χ4n) is 3.31. The molecule has 4 rings (SSSR count). The maximum absolute atomic E-state index is 12.6. The van der Waals surface area contributed by atoms with Crippen molar-refractivity contribution in [3.05, 3.63) is 65.8 Å². The molecular formula is C20H17F3N4O2. The molecule has 29 heavy (non-hydrogen) atoms. The number of alkyl halides is 3. The van der Waals surface area contributed by atoms with Gasteiger partial charge < -0.3 is 9.42 Å². The van der Waals surface area contributed by atoms with E-state index in [0.29, 0.717) is 37.6 Å². The van der Waals surface area contributed by atoms with Gasteiger partial charge in [0.05, 0.1) is 5.56 Å². The van der Waals surface area contributed by atoms with Gasteiger partial charge in [0.25, 0.3) is 5.91 Å². The minimum Gasteiger partial charge on any atom is -0.339 e. The summed E-state index contributed by atoms with van der Waals surface area (Å²) in [4.78, 5) is 22.0. The molecule has 0 bridgehead atoms. The molecule has 0 radical (unpaired) electrons. The van der Waals surface area contributed by atoms with E-state index in [1.165, 1.54) is 0 Å². The standard InChI is InChI=1S/C20H17F3N4O2/c21-20(22,23)16-7-6-15(12-24-16)19(28)27-10-8-14(9-11-27)18-25-17(26-29-18)13-4-2-1-3-5-13/h1-7,12,14H,8-11H2. The number of hydrogen-bond donors (Lipinski definition) is 0. The van der Waals surface area contributed by atoms with Crippen molar-refractivity contribution in [2.75, 3.05) is 13.1 Å². The van der Waals surface area contributed by atoms with Crippen molar-refractivity contribution in [1.29, 1.82) is 0 Å². The van der Waals surface area contributed by atoms with Crippen LogP contribution in [0.2, 0.25) is 0 Å². The van der Waals surface area contributed by atoms with Crippen molar-refractivity contribution in [3.63, 3.8) is 0 Å². The first-order chi connectivity index (χ1) is 13.9. The van der Waals surface area contributed by atoms with Crippen LogP contribution in [0.1, 0.15) is 40.7 Å². The van der Waals surface area contributed by atoms with Crippen LogP contribution in [-0.4, -0.2) is 39.0 Å². The molecule has 0 spiro atoms. The number of aromatic nitrogens is 3. The summed E-state index contributed by atoms with van der Waals surface area (Å²) >= 11 is 0. The molecule has 9 heteroatoms. The third kappa shape index (κ3) is 4.13. The molecule has 0 unspecified atom stereocenters. The second-order valence-electron chi connectivity index (χ2n) is 6.82. The first-order valence-corrected chi connectivity index (χ1v) is 9.13. The Kier molecular flexibility index (Phi) is 5.04. The number of hydrogen-bond acceptors (Lipinski definition) is 5. The van der Waals surface area contributed by atoms with E-state index < -0.39 is 11.9 Å². The summed E-state index contributed by atoms with van der Waals surface area (Å²) in [5, 5.41) is 4.02. The van der Waals surface area contributed by atoms with Crippen LogP contribution in [0, 0.1) is 0 Å². The van der Waals surface area contributed by atoms with Crippen molar-refractivity contribution in [1.82, 2.24) is 20.0 Å². The molecule has 1 saturated heterocycles. The molecule has 0 atom stereocenters. The van der Waals surface area contributed by atoms with Crippen molar-refractivity contribution < 1.29 is 22.5 Å². The lowest BCUT2D eigenvalue weighted by molar-refractivity contribution is -0.141. The summed E-state index contributed by atoms with van der Waals surface area (Å²) in [6, 6.07) is 11.5. The summed E-state index contributed by atoms with van der Waals surface area (Å²) < 4.78 is 43.2. The van der Waals surface area contributed by atoms with Crippen molar-refractivity contribution in [2.45, 2.75) is 24.9 Å². The molecule has 3 aromatic rings. The number of halogens is 3. The van der Waals surface area contributed by atoms with Gasteiger partial charge in [-0.25, -0.2) is 0 Å². The van der Waals surface area contributed by atoms with Crippen LogP contribution in [-0.2, 0) is 6.18 Å². The number of nitrogens with zero attached hydrogens (tertiary/aromatic N) is 4. The average Bonchev–Trinajstić information content (AvgIpc) is 3.24. The molecule has 1 fully saturated rings. The van der Waals surface area contributed by atoms with Crippen LogP contribution in [0.5, 0.6) is 0 Å². The second kappa shape index (κ2) is 7.65. The zero-order valence-corrected chi connectivity index (χ0v) is 15.3. The van der Waals surface area contributed by atoms with Gasteiger partial charge in [-0.05, 0) is 25.0 Å². The SMILES string of the molecule is O=C(c1ccc(C(F)(F)F)nc1)N1CCC(c2nc(-c3ccccc3)no2)CC1. The highest BCUT2D eigenvalue weighted by Gasteiger charge is 2.33. The number of piperidine rings is 1. The van der Waals surface area contributed by atoms with Gasteiger partial charge in [0.2, 0.25) is 11.7 Å². The fourth-order valence-corrected chi connectivity index (χ4v) is 3.31. The predicted octanol–water partition coefficient (Wildman–Crippen LogP) is 4.17. The van der Waals surface area contributed by atoms with Crippen LogP contribution in [0.4, 0.5) is 13.2 Å². The topological polar surface area (TPSA) is 72.1 Å². The summed E-state index contributed by atoms with van der Waals surface area (Å²) in [5.41, 5.74) is -0.0103. The Morgan fingerprint density at radius 2 is 1.79 bits per heavy atom. The molecule has 150 valence electrons. The predicted molar refractivity (Wildman–Crippen MR) is 96.9 cm³/mol. The molecule has 1 aliphatic heterocycles. The summed E-state index contributed by atoms with van der Waals surface area (Å²) in [7, 11) is 0. The molecule has 0 saturated carbocycles. The van der Waals surface area contributed by atoms with Gasteiger partial charge in [0, 0.05) is 30.8 Å². The van der Waals surface area contributed by atoms with Crippen LogP contribution in [0.25, 0.3) is 11.4 Å². The van der Waals surface area contributed by atoms with Gasteiger partial charge in [-0.2, -0.15) is 18.2 Å². The maximum Gasteiger partial charge on any atom is 0.433 e. The minimum absolute atomic E-state index is 0.0368. The lowest BCUT2D eigenvalue weighted by Crippen LogP contribution is -2.38. The summed E-state index contributed by atoms with van der Waals surface area (Å²) in [6.07, 6.45) is -2.28. The highest BCUT2D eigenvalue weighted by molar-refractivity contribution is 5.94. The van der Waals surface area contributed by atoms with E-state index in [1.807, 2.05) is 30.3 Å². The van der Waals surface area contributed by atoms with Crippen LogP contribution < -0.4 is 0 Å². The minimum atomic E-state index is -4.53. The highest BCUT2D eigenvalue weighted by Crippen LogP contribution is 2.30. The van der Waals surface area contributed by atoms with E-state index in [4.69, 9.17) is 4.52 Å². The number of amides is 1.